The van der Waals surface area contributed by atoms with Crippen molar-refractivity contribution in [2.75, 3.05) is 0 Å². The van der Waals surface area contributed by atoms with Crippen LogP contribution >= 0.6 is 0 Å². The van der Waals surface area contributed by atoms with Crippen molar-refractivity contribution in [3.63, 3.8) is 0 Å². The minimum atomic E-state index is -0.407. The van der Waals surface area contributed by atoms with E-state index in [1.54, 1.807) is 12.1 Å². The zero-order valence-electron chi connectivity index (χ0n) is 14.0. The van der Waals surface area contributed by atoms with Gasteiger partial charge in [0.15, 0.2) is 0 Å². The fourth-order valence-corrected chi connectivity index (χ4v) is 2.69. The number of furan rings is 1. The van der Waals surface area contributed by atoms with Gasteiger partial charge in [-0.05, 0) is 43.2 Å². The Bertz CT molecular complexity index is 826. The lowest BCUT2D eigenvalue weighted by molar-refractivity contribution is -0.384. The maximum absolute atomic E-state index is 10.7. The van der Waals surface area contributed by atoms with Crippen LogP contribution in [0.4, 0.5) is 5.69 Å². The predicted octanol–water partition coefficient (Wildman–Crippen LogP) is 4.58. The van der Waals surface area contributed by atoms with Crippen LogP contribution in [0.1, 0.15) is 18.2 Å². The van der Waals surface area contributed by atoms with Gasteiger partial charge in [-0.15, -0.1) is 0 Å². The molecule has 5 nitrogen and oxygen atoms in total. The number of nitro benzene ring substituents is 1. The largest absolute Gasteiger partial charge is 0.460 e. The van der Waals surface area contributed by atoms with E-state index in [0.29, 0.717) is 18.3 Å². The Labute approximate surface area is 146 Å². The maximum atomic E-state index is 10.7. The monoisotopic (exact) mass is 336 g/mol. The lowest BCUT2D eigenvalue weighted by Crippen LogP contribution is -2.27. The van der Waals surface area contributed by atoms with Gasteiger partial charge in [-0.25, -0.2) is 0 Å². The summed E-state index contributed by atoms with van der Waals surface area (Å²) in [6.45, 7) is 2.79. The van der Waals surface area contributed by atoms with Crippen LogP contribution in [0, 0.1) is 10.1 Å². The number of rotatable bonds is 7. The summed E-state index contributed by atoms with van der Waals surface area (Å²) in [6.07, 6.45) is 0.955. The summed E-state index contributed by atoms with van der Waals surface area (Å²) < 4.78 is 5.84. The highest BCUT2D eigenvalue weighted by Crippen LogP contribution is 2.24. The molecule has 0 spiro atoms. The fourth-order valence-electron chi connectivity index (χ4n) is 2.69. The first-order valence-corrected chi connectivity index (χ1v) is 8.22. The van der Waals surface area contributed by atoms with Crippen molar-refractivity contribution >= 4 is 5.69 Å². The van der Waals surface area contributed by atoms with Crippen LogP contribution in [0.25, 0.3) is 11.3 Å². The van der Waals surface area contributed by atoms with E-state index in [0.717, 1.165) is 17.7 Å². The number of non-ortho nitro benzene ring substituents is 1. The molecular formula is C20H20N2O3. The van der Waals surface area contributed by atoms with Gasteiger partial charge in [-0.3, -0.25) is 10.1 Å². The molecule has 0 bridgehead atoms. The Balaban J connectivity index is 1.57. The van der Waals surface area contributed by atoms with Gasteiger partial charge in [0.05, 0.1) is 11.5 Å². The molecule has 0 fully saturated rings. The molecule has 0 aliphatic heterocycles. The van der Waals surface area contributed by atoms with Gasteiger partial charge in [0.1, 0.15) is 11.5 Å². The number of benzene rings is 2. The van der Waals surface area contributed by atoms with Crippen LogP contribution in [0.15, 0.2) is 71.1 Å². The van der Waals surface area contributed by atoms with Gasteiger partial charge in [0, 0.05) is 23.7 Å². The zero-order valence-corrected chi connectivity index (χ0v) is 14.0. The molecule has 1 aromatic heterocycles. The number of hydrogen-bond acceptors (Lipinski definition) is 4. The molecule has 2 aromatic carbocycles. The third kappa shape index (κ3) is 4.55. The Kier molecular flexibility index (Phi) is 5.26. The third-order valence-corrected chi connectivity index (χ3v) is 4.03. The van der Waals surface area contributed by atoms with E-state index in [2.05, 4.69) is 24.4 Å². The molecule has 0 amide bonds. The molecule has 128 valence electrons. The van der Waals surface area contributed by atoms with E-state index >= 15 is 0 Å². The van der Waals surface area contributed by atoms with Gasteiger partial charge in [0.2, 0.25) is 0 Å². The van der Waals surface area contributed by atoms with Gasteiger partial charge in [-0.1, -0.05) is 30.3 Å². The number of nitrogens with zero attached hydrogens (tertiary/aromatic N) is 1. The second-order valence-corrected chi connectivity index (χ2v) is 6.04. The third-order valence-electron chi connectivity index (χ3n) is 4.03. The molecule has 25 heavy (non-hydrogen) atoms. The summed E-state index contributed by atoms with van der Waals surface area (Å²) in [4.78, 5) is 10.3. The second kappa shape index (κ2) is 7.77. The van der Waals surface area contributed by atoms with Crippen molar-refractivity contribution in [1.82, 2.24) is 5.32 Å². The van der Waals surface area contributed by atoms with Crippen LogP contribution < -0.4 is 5.32 Å². The minimum absolute atomic E-state index is 0.0759. The smallest absolute Gasteiger partial charge is 0.269 e. The normalized spacial score (nSPS) is 12.0. The molecule has 0 saturated heterocycles. The van der Waals surface area contributed by atoms with E-state index in [9.17, 15) is 10.1 Å². The first-order chi connectivity index (χ1) is 12.1. The summed E-state index contributed by atoms with van der Waals surface area (Å²) in [5.41, 5.74) is 2.20. The molecule has 1 atom stereocenters. The van der Waals surface area contributed by atoms with Crippen LogP contribution in [0.5, 0.6) is 0 Å². The van der Waals surface area contributed by atoms with Crippen molar-refractivity contribution in [3.8, 4) is 11.3 Å². The molecule has 0 unspecified atom stereocenters. The Morgan fingerprint density at radius 2 is 1.76 bits per heavy atom. The summed E-state index contributed by atoms with van der Waals surface area (Å²) in [5.74, 6) is 1.55. The molecule has 0 saturated carbocycles. The highest BCUT2D eigenvalue weighted by atomic mass is 16.6. The van der Waals surface area contributed by atoms with E-state index in [-0.39, 0.29) is 5.69 Å². The Hall–Kier alpha value is -2.92. The molecule has 0 radical (unpaired) electrons. The van der Waals surface area contributed by atoms with Crippen molar-refractivity contribution in [1.29, 1.82) is 0 Å². The average Bonchev–Trinajstić information content (AvgIpc) is 3.10. The molecule has 1 heterocycles. The van der Waals surface area contributed by atoms with E-state index in [4.69, 9.17) is 4.42 Å². The molecule has 3 rings (SSSR count). The minimum Gasteiger partial charge on any atom is -0.460 e. The molecule has 1 N–H and O–H groups in total. The topological polar surface area (TPSA) is 68.3 Å². The molecular weight excluding hydrogens is 316 g/mol. The molecule has 0 aliphatic rings. The second-order valence-electron chi connectivity index (χ2n) is 6.04. The summed E-state index contributed by atoms with van der Waals surface area (Å²) >= 11 is 0. The number of nitro groups is 1. The Morgan fingerprint density at radius 3 is 2.44 bits per heavy atom. The highest BCUT2D eigenvalue weighted by molar-refractivity contribution is 5.59. The fraction of sp³-hybridized carbons (Fsp3) is 0.200. The highest BCUT2D eigenvalue weighted by Gasteiger charge is 2.09. The SMILES string of the molecule is C[C@H](Cc1ccccc1)NCc1ccc(-c2ccc([N+](=O)[O-])cc2)o1. The van der Waals surface area contributed by atoms with Gasteiger partial charge >= 0.3 is 0 Å². The lowest BCUT2D eigenvalue weighted by Gasteiger charge is -2.12. The van der Waals surface area contributed by atoms with Gasteiger partial charge < -0.3 is 9.73 Å². The van der Waals surface area contributed by atoms with E-state index < -0.39 is 4.92 Å². The average molecular weight is 336 g/mol. The van der Waals surface area contributed by atoms with Crippen LogP contribution in [-0.4, -0.2) is 11.0 Å². The lowest BCUT2D eigenvalue weighted by atomic mass is 10.1. The van der Waals surface area contributed by atoms with Crippen molar-refractivity contribution in [3.05, 3.63) is 88.2 Å². The van der Waals surface area contributed by atoms with Crippen LogP contribution in [0.2, 0.25) is 0 Å². The van der Waals surface area contributed by atoms with Crippen molar-refractivity contribution < 1.29 is 9.34 Å². The maximum Gasteiger partial charge on any atom is 0.269 e. The Morgan fingerprint density at radius 1 is 1.04 bits per heavy atom. The van der Waals surface area contributed by atoms with Crippen molar-refractivity contribution in [2.24, 2.45) is 0 Å². The molecule has 5 heteroatoms. The van der Waals surface area contributed by atoms with Gasteiger partial charge in [0.25, 0.3) is 5.69 Å². The van der Waals surface area contributed by atoms with Crippen LogP contribution in [0.3, 0.4) is 0 Å². The molecule has 0 aliphatic carbocycles. The molecule has 3 aromatic rings. The summed E-state index contributed by atoms with van der Waals surface area (Å²) in [7, 11) is 0. The first kappa shape index (κ1) is 16.9. The predicted molar refractivity (Wildman–Crippen MR) is 97.2 cm³/mol. The van der Waals surface area contributed by atoms with Gasteiger partial charge in [-0.2, -0.15) is 0 Å². The zero-order chi connectivity index (χ0) is 17.6. The van der Waals surface area contributed by atoms with Crippen LogP contribution in [-0.2, 0) is 13.0 Å². The summed E-state index contributed by atoms with van der Waals surface area (Å²) in [5, 5.41) is 14.2. The van der Waals surface area contributed by atoms with E-state index in [1.165, 1.54) is 17.7 Å². The number of nitrogens with one attached hydrogen (secondary N) is 1. The number of hydrogen-bond donors (Lipinski definition) is 1. The first-order valence-electron chi connectivity index (χ1n) is 8.22. The standard InChI is InChI=1S/C20H20N2O3/c1-15(13-16-5-3-2-4-6-16)21-14-19-11-12-20(25-19)17-7-9-18(10-8-17)22(23)24/h2-12,15,21H,13-14H2,1H3/t15-/m1/s1. The van der Waals surface area contributed by atoms with E-state index in [1.807, 2.05) is 30.3 Å². The quantitative estimate of drug-likeness (QED) is 0.507. The van der Waals surface area contributed by atoms with Crippen molar-refractivity contribution in [2.45, 2.75) is 25.9 Å². The summed E-state index contributed by atoms with van der Waals surface area (Å²) in [6, 6.07) is 20.9.